The van der Waals surface area contributed by atoms with E-state index < -0.39 is 216 Å². The Kier molecular flexibility index (Phi) is 26.9. The first-order chi connectivity index (χ1) is 49.7. The van der Waals surface area contributed by atoms with Crippen molar-refractivity contribution in [1.29, 1.82) is 0 Å². The van der Waals surface area contributed by atoms with Crippen LogP contribution >= 0.6 is 0 Å². The van der Waals surface area contributed by atoms with Crippen molar-refractivity contribution in [2.75, 3.05) is 82.6 Å². The third kappa shape index (κ3) is 19.3. The molecule has 3 aliphatic carbocycles. The molecule has 32 heteroatoms. The summed E-state index contributed by atoms with van der Waals surface area (Å²) in [7, 11) is 10.8. The number of fused-ring (bicyclic) bond motifs is 3. The van der Waals surface area contributed by atoms with Gasteiger partial charge in [0.15, 0.2) is 0 Å². The zero-order chi connectivity index (χ0) is 78.4. The summed E-state index contributed by atoms with van der Waals surface area (Å²) in [5, 5.41) is 8.32. The lowest BCUT2D eigenvalue weighted by molar-refractivity contribution is -0.158. The molecule has 3 saturated carbocycles. The van der Waals surface area contributed by atoms with Gasteiger partial charge in [-0.3, -0.25) is 57.5 Å². The topological polar surface area (TPSA) is 270 Å². The third-order valence-electron chi connectivity index (χ3n) is 22.1. The lowest BCUT2D eigenvalue weighted by atomic mass is 9.74. The minimum atomic E-state index is -5.44. The van der Waals surface area contributed by atoms with Gasteiger partial charge in [-0.2, -0.15) is 26.3 Å². The number of aryl methyl sites for hydroxylation is 1. The SMILES string of the molecule is CC[C@H](C)[C@@H]1NC(=O)[C@H](CC2CC2)N(C)C(=O)C[C@@H](C(=O)N(C)C)N(C)C(=O)[C@H](C2CCCC2)N(C)C(=O)C2(CCC2)NC(=O)[C@@H]2C[C@H](C)CN2C(=O)[C@@H](CCc2cc(F)c(C(F)(F)F)c(F)c2)NC(=O)CN(C)C(=O)[C@H](Cc2ccc(C(F)(F)F)cc2)N2CC/C=C\C[C@@H](C2=O)N(C)C(=O)CN(C)C1=O. The minimum Gasteiger partial charge on any atom is -0.347 e. The fourth-order valence-corrected chi connectivity index (χ4v) is 15.2. The first-order valence-electron chi connectivity index (χ1n) is 36.3. The molecule has 3 heterocycles. The molecule has 2 bridgehead atoms. The zero-order valence-corrected chi connectivity index (χ0v) is 62.1. The second-order valence-electron chi connectivity index (χ2n) is 30.1. The van der Waals surface area contributed by atoms with E-state index in [0.29, 0.717) is 50.7 Å². The van der Waals surface area contributed by atoms with Crippen LogP contribution in [0.3, 0.4) is 0 Å². The van der Waals surface area contributed by atoms with Crippen LogP contribution in [0.1, 0.15) is 146 Å². The molecule has 2 aromatic carbocycles. The predicted octanol–water partition coefficient (Wildman–Crippen LogP) is 5.72. The van der Waals surface area contributed by atoms with Gasteiger partial charge in [-0.15, -0.1) is 0 Å². The van der Waals surface area contributed by atoms with Gasteiger partial charge in [-0.05, 0) is 130 Å². The molecule has 24 nitrogen and oxygen atoms in total. The second kappa shape index (κ2) is 34.4. The van der Waals surface area contributed by atoms with Crippen molar-refractivity contribution in [2.45, 2.75) is 203 Å². The second-order valence-corrected chi connectivity index (χ2v) is 30.1. The molecule has 2 saturated heterocycles. The van der Waals surface area contributed by atoms with Gasteiger partial charge < -0.3 is 60.0 Å². The van der Waals surface area contributed by atoms with Gasteiger partial charge in [0.05, 0.1) is 25.1 Å². The van der Waals surface area contributed by atoms with Gasteiger partial charge in [0.2, 0.25) is 70.9 Å². The fraction of sp³-hybridized carbons (Fsp3) is 0.649. The molecule has 2 aromatic rings. The highest BCUT2D eigenvalue weighted by Gasteiger charge is 2.54. The highest BCUT2D eigenvalue weighted by molar-refractivity contribution is 6.01. The maximum Gasteiger partial charge on any atom is 0.422 e. The van der Waals surface area contributed by atoms with Crippen LogP contribution in [0.5, 0.6) is 0 Å². The summed E-state index contributed by atoms with van der Waals surface area (Å²) in [5.74, 6) is -15.1. The van der Waals surface area contributed by atoms with Crippen LogP contribution in [0.4, 0.5) is 35.1 Å². The van der Waals surface area contributed by atoms with E-state index in [-0.39, 0.29) is 68.7 Å². The smallest absolute Gasteiger partial charge is 0.347 e. The van der Waals surface area contributed by atoms with E-state index in [1.807, 2.05) is 0 Å². The summed E-state index contributed by atoms with van der Waals surface area (Å²) >= 11 is 0. The Hall–Kier alpha value is -8.74. The number of carbonyl (C=O) groups is 12. The summed E-state index contributed by atoms with van der Waals surface area (Å²) in [6.07, 6.45) is -4.44. The maximum absolute atomic E-state index is 15.5. The average molecular weight is 1500 g/mol. The quantitative estimate of drug-likeness (QED) is 0.180. The highest BCUT2D eigenvalue weighted by Crippen LogP contribution is 2.40. The Morgan fingerprint density at radius 3 is 1.85 bits per heavy atom. The zero-order valence-electron chi connectivity index (χ0n) is 62.1. The number of hydrogen-bond donors (Lipinski definition) is 3. The number of likely N-dealkylation sites (N-methyl/N-ethyl adjacent to an activating group) is 7. The van der Waals surface area contributed by atoms with Crippen molar-refractivity contribution in [3.63, 3.8) is 0 Å². The molecule has 0 radical (unpaired) electrons. The number of halogens is 8. The van der Waals surface area contributed by atoms with Crippen molar-refractivity contribution in [3.8, 4) is 0 Å². The number of carbonyl (C=O) groups excluding carboxylic acids is 12. The summed E-state index contributed by atoms with van der Waals surface area (Å²) in [4.78, 5) is 190. The normalized spacial score (nSPS) is 27.0. The number of rotatable bonds is 11. The van der Waals surface area contributed by atoms with Gasteiger partial charge in [0.25, 0.3) is 0 Å². The van der Waals surface area contributed by atoms with Crippen molar-refractivity contribution in [2.24, 2.45) is 23.7 Å². The van der Waals surface area contributed by atoms with Gasteiger partial charge in [0, 0.05) is 75.9 Å². The monoisotopic (exact) mass is 1500 g/mol. The molecule has 584 valence electrons. The van der Waals surface area contributed by atoms with Crippen LogP contribution in [0.15, 0.2) is 48.6 Å². The van der Waals surface area contributed by atoms with Crippen molar-refractivity contribution in [3.05, 3.63) is 82.4 Å². The molecular weight excluding hydrogens is 1400 g/mol. The molecule has 106 heavy (non-hydrogen) atoms. The summed E-state index contributed by atoms with van der Waals surface area (Å²) in [6, 6.07) is -6.90. The maximum atomic E-state index is 15.5. The van der Waals surface area contributed by atoms with E-state index >= 15 is 37.5 Å². The first-order valence-corrected chi connectivity index (χ1v) is 36.3. The van der Waals surface area contributed by atoms with Crippen LogP contribution in [0.2, 0.25) is 0 Å². The Balaban J connectivity index is 1.21. The van der Waals surface area contributed by atoms with Crippen LogP contribution in [-0.2, 0) is 82.7 Å². The Labute approximate surface area is 612 Å². The number of benzene rings is 2. The largest absolute Gasteiger partial charge is 0.422 e. The molecule has 10 atom stereocenters. The minimum absolute atomic E-state index is 0.000196. The molecule has 0 unspecified atom stereocenters. The lowest BCUT2D eigenvalue weighted by Crippen LogP contribution is -2.68. The molecule has 3 N–H and O–H groups in total. The van der Waals surface area contributed by atoms with Crippen LogP contribution in [0.25, 0.3) is 0 Å². The van der Waals surface area contributed by atoms with Gasteiger partial charge in [0.1, 0.15) is 71.1 Å². The lowest BCUT2D eigenvalue weighted by Gasteiger charge is -2.46. The van der Waals surface area contributed by atoms with Crippen molar-refractivity contribution >= 4 is 70.9 Å². The van der Waals surface area contributed by atoms with Crippen LogP contribution in [0, 0.1) is 35.3 Å². The number of nitrogens with zero attached hydrogens (tertiary/aromatic N) is 9. The molecular formula is C74H100F8N12O12. The molecule has 6 aliphatic rings. The standard InChI is InChI=1S/C74H100F8N12O12/c1-12-43(3)61-69(104)88(7)41-59(97)89(8)52-21-14-13-17-32-93(68(52)103)56(37-45-24-27-48(28-25-45)73(77,78)79)67(102)87(6)40-57(95)83-51(29-26-46-34-49(75)60(50(76)35-46)74(80,81)82)65(100)94-39-42(2)33-54(94)64(99)85-72(30-18-31-72)71(106)92(11)62(47-19-15-16-20-47)70(105)91(10)55(66(101)86(4)5)38-58(96)90(9)53(63(98)84-61)36-44-22-23-44/h13-14,24-25,27-28,34-35,42-44,47,51-56,61-62H,12,15-23,26,29-33,36-41H2,1-11H3,(H,83,95)(H,84,98)(H,85,99)/b14-13-/t42-,43-,51+,52-,53-,54-,55-,56-,61-,62-/m0/s1. The van der Waals surface area contributed by atoms with E-state index in [1.165, 1.54) is 64.0 Å². The fourth-order valence-electron chi connectivity index (χ4n) is 15.2. The Bertz CT molecular complexity index is 3630. The van der Waals surface area contributed by atoms with Crippen LogP contribution in [-0.4, -0.2) is 251 Å². The summed E-state index contributed by atoms with van der Waals surface area (Å²) < 4.78 is 114. The Morgan fingerprint density at radius 1 is 0.660 bits per heavy atom. The van der Waals surface area contributed by atoms with E-state index in [4.69, 9.17) is 0 Å². The van der Waals surface area contributed by atoms with Gasteiger partial charge >= 0.3 is 12.4 Å². The number of nitrogens with one attached hydrogen (secondary N) is 3. The van der Waals surface area contributed by atoms with Crippen molar-refractivity contribution < 1.29 is 92.7 Å². The van der Waals surface area contributed by atoms with Crippen LogP contribution < -0.4 is 16.0 Å². The van der Waals surface area contributed by atoms with E-state index in [1.54, 1.807) is 32.9 Å². The summed E-state index contributed by atoms with van der Waals surface area (Å²) in [6.45, 7) is 3.20. The highest BCUT2D eigenvalue weighted by atomic mass is 19.4. The van der Waals surface area contributed by atoms with Gasteiger partial charge in [-0.25, -0.2) is 8.78 Å². The predicted molar refractivity (Wildman–Crippen MR) is 370 cm³/mol. The molecule has 12 amide bonds. The summed E-state index contributed by atoms with van der Waals surface area (Å²) in [5.41, 5.74) is -5.15. The Morgan fingerprint density at radius 2 is 1.28 bits per heavy atom. The van der Waals surface area contributed by atoms with E-state index in [0.717, 1.165) is 73.6 Å². The molecule has 1 spiro atoms. The number of amides is 12. The number of alkyl halides is 6. The molecule has 0 aromatic heterocycles. The number of hydrogen-bond acceptors (Lipinski definition) is 12. The molecule has 8 rings (SSSR count). The van der Waals surface area contributed by atoms with Gasteiger partial charge in [-0.1, -0.05) is 77.2 Å². The van der Waals surface area contributed by atoms with E-state index in [2.05, 4.69) is 16.0 Å². The van der Waals surface area contributed by atoms with Crippen molar-refractivity contribution in [1.82, 2.24) is 60.0 Å². The average Bonchev–Trinajstić information content (AvgIpc) is 1.14. The third-order valence-corrected chi connectivity index (χ3v) is 22.1. The molecule has 3 aliphatic heterocycles. The molecule has 5 fully saturated rings. The first kappa shape index (κ1) is 82.9. The van der Waals surface area contributed by atoms with E-state index in [9.17, 15) is 55.1 Å².